The first-order chi connectivity index (χ1) is 4.64. The van der Waals surface area contributed by atoms with Crippen molar-refractivity contribution in [2.24, 2.45) is 5.73 Å². The third-order valence-corrected chi connectivity index (χ3v) is 0.421. The molecular formula is C4H12N2O5S. The number of amides is 1. The maximum atomic E-state index is 9.82. The third kappa shape index (κ3) is 63.2. The van der Waals surface area contributed by atoms with E-state index in [0.717, 1.165) is 0 Å². The van der Waals surface area contributed by atoms with Crippen LogP contribution < -0.4 is 11.9 Å². The number of carbonyl (C=O) groups is 1. The molecule has 0 spiro atoms. The normalized spacial score (nSPS) is 8.58. The summed E-state index contributed by atoms with van der Waals surface area (Å²) in [5.74, 6) is -0.435. The maximum absolute atomic E-state index is 9.82. The van der Waals surface area contributed by atoms with Gasteiger partial charge in [0.1, 0.15) is 0 Å². The van der Waals surface area contributed by atoms with E-state index in [9.17, 15) is 4.79 Å². The highest BCUT2D eigenvalue weighted by Gasteiger charge is 1.86. The number of carbonyl (C=O) groups excluding carboxylic acids is 1. The van der Waals surface area contributed by atoms with E-state index in [1.54, 1.807) is 6.92 Å². The summed E-state index contributed by atoms with van der Waals surface area (Å²) >= 11 is 0. The van der Waals surface area contributed by atoms with E-state index in [2.05, 4.69) is 6.58 Å². The van der Waals surface area contributed by atoms with E-state index >= 15 is 0 Å². The van der Waals surface area contributed by atoms with Gasteiger partial charge < -0.3 is 11.9 Å². The molecule has 74 valence electrons. The van der Waals surface area contributed by atoms with Crippen LogP contribution in [0.1, 0.15) is 6.92 Å². The van der Waals surface area contributed by atoms with Gasteiger partial charge in [0.05, 0.1) is 0 Å². The van der Waals surface area contributed by atoms with Crippen LogP contribution in [0.25, 0.3) is 0 Å². The van der Waals surface area contributed by atoms with E-state index in [1.807, 2.05) is 0 Å². The molecule has 0 radical (unpaired) electrons. The van der Waals surface area contributed by atoms with Gasteiger partial charge in [-0.2, -0.15) is 8.42 Å². The molecule has 0 aliphatic carbocycles. The average molecular weight is 200 g/mol. The summed E-state index contributed by atoms with van der Waals surface area (Å²) in [6.45, 7) is 4.85. The Hall–Kier alpha value is -0.960. The minimum absolute atomic E-state index is 0. The predicted molar refractivity (Wildman–Crippen MR) is 43.2 cm³/mol. The van der Waals surface area contributed by atoms with Crippen molar-refractivity contribution >= 4 is 16.3 Å². The molecule has 0 unspecified atom stereocenters. The monoisotopic (exact) mass is 200 g/mol. The summed E-state index contributed by atoms with van der Waals surface area (Å²) in [6, 6.07) is 0. The van der Waals surface area contributed by atoms with Gasteiger partial charge in [-0.05, 0) is 6.92 Å². The Bertz CT molecular complexity index is 224. The number of primary amides is 1. The van der Waals surface area contributed by atoms with Gasteiger partial charge in [-0.1, -0.05) is 6.58 Å². The molecule has 0 aromatic carbocycles. The highest BCUT2D eigenvalue weighted by molar-refractivity contribution is 7.79. The standard InChI is InChI=1S/C4H7NO.H3N.H2O4S/c1-3(2)4(5)6;;1-5(2,3)4/h1H2,2H3,(H2,5,6);1H3;(H2,1,2,3,4). The molecule has 1 amide bonds. The van der Waals surface area contributed by atoms with Crippen LogP contribution in [0.4, 0.5) is 0 Å². The summed E-state index contributed by atoms with van der Waals surface area (Å²) in [6.07, 6.45) is 0. The average Bonchev–Trinajstić information content (AvgIpc) is 1.59. The topological polar surface area (TPSA) is 153 Å². The molecule has 8 heteroatoms. The van der Waals surface area contributed by atoms with Gasteiger partial charge in [0.25, 0.3) is 0 Å². The minimum Gasteiger partial charge on any atom is -0.366 e. The Morgan fingerprint density at radius 1 is 1.42 bits per heavy atom. The van der Waals surface area contributed by atoms with Gasteiger partial charge in [0.2, 0.25) is 5.91 Å². The molecule has 7 nitrogen and oxygen atoms in total. The fourth-order valence-corrected chi connectivity index (χ4v) is 0. The third-order valence-electron chi connectivity index (χ3n) is 0.421. The van der Waals surface area contributed by atoms with Crippen LogP contribution in [-0.2, 0) is 15.2 Å². The van der Waals surface area contributed by atoms with Crippen molar-refractivity contribution in [2.75, 3.05) is 0 Å². The SMILES string of the molecule is C=C(C)C(N)=O.N.O=S(=O)(O)O. The second-order valence-corrected chi connectivity index (χ2v) is 2.49. The van der Waals surface area contributed by atoms with E-state index in [1.165, 1.54) is 0 Å². The predicted octanol–water partition coefficient (Wildman–Crippen LogP) is -0.443. The molecule has 0 fully saturated rings. The quantitative estimate of drug-likeness (QED) is 0.332. The van der Waals surface area contributed by atoms with Crippen molar-refractivity contribution in [3.63, 3.8) is 0 Å². The summed E-state index contributed by atoms with van der Waals surface area (Å²) in [7, 11) is -4.67. The summed E-state index contributed by atoms with van der Waals surface area (Å²) in [4.78, 5) is 9.82. The van der Waals surface area contributed by atoms with Crippen molar-refractivity contribution in [1.29, 1.82) is 0 Å². The Balaban J connectivity index is -0.000000126. The van der Waals surface area contributed by atoms with Crippen molar-refractivity contribution in [3.05, 3.63) is 12.2 Å². The number of rotatable bonds is 1. The second-order valence-electron chi connectivity index (χ2n) is 1.59. The van der Waals surface area contributed by atoms with Gasteiger partial charge in [0, 0.05) is 5.57 Å². The Morgan fingerprint density at radius 2 is 1.50 bits per heavy atom. The molecule has 12 heavy (non-hydrogen) atoms. The van der Waals surface area contributed by atoms with Gasteiger partial charge >= 0.3 is 10.4 Å². The van der Waals surface area contributed by atoms with Crippen molar-refractivity contribution in [1.82, 2.24) is 6.15 Å². The summed E-state index contributed by atoms with van der Waals surface area (Å²) in [5.41, 5.74) is 5.09. The number of hydrogen-bond acceptors (Lipinski definition) is 4. The van der Waals surface area contributed by atoms with Crippen LogP contribution in [-0.4, -0.2) is 23.4 Å². The lowest BCUT2D eigenvalue weighted by Gasteiger charge is -1.81. The first-order valence-corrected chi connectivity index (χ1v) is 3.69. The molecule has 0 aromatic heterocycles. The zero-order chi connectivity index (χ0) is 9.65. The van der Waals surface area contributed by atoms with Crippen LogP contribution in [0.5, 0.6) is 0 Å². The van der Waals surface area contributed by atoms with E-state index in [4.69, 9.17) is 23.3 Å². The fourth-order valence-electron chi connectivity index (χ4n) is 0. The highest BCUT2D eigenvalue weighted by atomic mass is 32.3. The molecule has 0 saturated carbocycles. The molecule has 0 saturated heterocycles. The first-order valence-electron chi connectivity index (χ1n) is 2.29. The molecule has 0 atom stereocenters. The molecule has 0 bridgehead atoms. The Morgan fingerprint density at radius 3 is 1.50 bits per heavy atom. The molecule has 7 N–H and O–H groups in total. The van der Waals surface area contributed by atoms with Crippen molar-refractivity contribution < 1.29 is 22.3 Å². The lowest BCUT2D eigenvalue weighted by atomic mass is 10.3. The number of nitrogens with two attached hydrogens (primary N) is 1. The Labute approximate surface area is 70.4 Å². The second kappa shape index (κ2) is 6.73. The van der Waals surface area contributed by atoms with Gasteiger partial charge in [0.15, 0.2) is 0 Å². The van der Waals surface area contributed by atoms with Crippen LogP contribution in [0.3, 0.4) is 0 Å². The summed E-state index contributed by atoms with van der Waals surface area (Å²) < 4.78 is 31.6. The van der Waals surface area contributed by atoms with Crippen LogP contribution in [0.15, 0.2) is 12.2 Å². The minimum atomic E-state index is -4.67. The zero-order valence-corrected chi connectivity index (χ0v) is 7.34. The fraction of sp³-hybridized carbons (Fsp3) is 0.250. The van der Waals surface area contributed by atoms with Gasteiger partial charge in [-0.25, -0.2) is 0 Å². The summed E-state index contributed by atoms with van der Waals surface area (Å²) in [5, 5.41) is 0. The smallest absolute Gasteiger partial charge is 0.366 e. The van der Waals surface area contributed by atoms with Gasteiger partial charge in [-0.3, -0.25) is 13.9 Å². The van der Waals surface area contributed by atoms with Crippen LogP contribution in [0.2, 0.25) is 0 Å². The van der Waals surface area contributed by atoms with Crippen LogP contribution in [0, 0.1) is 0 Å². The molecule has 0 rings (SSSR count). The molecular weight excluding hydrogens is 188 g/mol. The van der Waals surface area contributed by atoms with E-state index in [-0.39, 0.29) is 6.15 Å². The van der Waals surface area contributed by atoms with E-state index in [0.29, 0.717) is 5.57 Å². The van der Waals surface area contributed by atoms with Crippen LogP contribution >= 0.6 is 0 Å². The maximum Gasteiger partial charge on any atom is 0.394 e. The van der Waals surface area contributed by atoms with Crippen molar-refractivity contribution in [2.45, 2.75) is 6.92 Å². The molecule has 0 aliphatic rings. The molecule has 0 aromatic rings. The molecule has 0 aliphatic heterocycles. The van der Waals surface area contributed by atoms with Crippen molar-refractivity contribution in [3.8, 4) is 0 Å². The lowest BCUT2D eigenvalue weighted by molar-refractivity contribution is -0.114. The zero-order valence-electron chi connectivity index (χ0n) is 6.52. The van der Waals surface area contributed by atoms with Gasteiger partial charge in [-0.15, -0.1) is 0 Å². The highest BCUT2D eigenvalue weighted by Crippen LogP contribution is 1.78. The lowest BCUT2D eigenvalue weighted by Crippen LogP contribution is -2.10. The Kier molecular flexibility index (Phi) is 9.66. The van der Waals surface area contributed by atoms with E-state index < -0.39 is 16.3 Å². The molecule has 0 heterocycles. The first kappa shape index (κ1) is 17.2. The number of hydrogen-bond donors (Lipinski definition) is 4. The largest absolute Gasteiger partial charge is 0.394 e.